The maximum absolute atomic E-state index is 11.8. The summed E-state index contributed by atoms with van der Waals surface area (Å²) >= 11 is 0. The van der Waals surface area contributed by atoms with Gasteiger partial charge in [-0.2, -0.15) is 0 Å². The highest BCUT2D eigenvalue weighted by Gasteiger charge is 2.32. The maximum atomic E-state index is 11.8. The molecule has 0 aliphatic carbocycles. The van der Waals surface area contributed by atoms with E-state index in [-0.39, 0.29) is 10.6 Å². The molecule has 1 heterocycles. The van der Waals surface area contributed by atoms with Crippen LogP contribution in [-0.2, 0) is 9.84 Å². The van der Waals surface area contributed by atoms with Crippen LogP contribution in [0.4, 0.5) is 0 Å². The first kappa shape index (κ1) is 12.5. The zero-order chi connectivity index (χ0) is 13.2. The van der Waals surface area contributed by atoms with Crippen molar-refractivity contribution in [3.8, 4) is 11.3 Å². The minimum absolute atomic E-state index is 0.0413. The van der Waals surface area contributed by atoms with E-state index < -0.39 is 27.2 Å². The van der Waals surface area contributed by atoms with E-state index in [2.05, 4.69) is 9.79 Å². The monoisotopic (exact) mass is 270 g/mol. The van der Waals surface area contributed by atoms with Crippen LogP contribution in [0.15, 0.2) is 40.0 Å². The van der Waals surface area contributed by atoms with Crippen molar-refractivity contribution in [2.75, 3.05) is 12.4 Å². The minimum atomic E-state index is -3.84. The zero-order valence-electron chi connectivity index (χ0n) is 9.18. The first-order valence-corrected chi connectivity index (χ1v) is 6.70. The Kier molecular flexibility index (Phi) is 3.30. The lowest BCUT2D eigenvalue weighted by atomic mass is 10.2. The second-order valence-corrected chi connectivity index (χ2v) is 5.52. The van der Waals surface area contributed by atoms with Crippen molar-refractivity contribution < 1.29 is 23.1 Å². The Labute approximate surface area is 103 Å². The van der Waals surface area contributed by atoms with Gasteiger partial charge in [-0.05, 0) is 4.90 Å². The van der Waals surface area contributed by atoms with Gasteiger partial charge in [0.25, 0.3) is 0 Å². The smallest absolute Gasteiger partial charge is 0.339 e. The molecule has 0 unspecified atom stereocenters. The van der Waals surface area contributed by atoms with Crippen LogP contribution >= 0.6 is 0 Å². The van der Waals surface area contributed by atoms with Gasteiger partial charge in [0.2, 0.25) is 15.5 Å². The molecule has 2 rings (SSSR count). The van der Waals surface area contributed by atoms with Gasteiger partial charge in [0.15, 0.2) is 0 Å². The van der Waals surface area contributed by atoms with E-state index >= 15 is 0 Å². The van der Waals surface area contributed by atoms with Gasteiger partial charge in [-0.25, -0.2) is 8.42 Å². The predicted molar refractivity (Wildman–Crippen MR) is 60.0 cm³/mol. The Bertz CT molecular complexity index is 636. The van der Waals surface area contributed by atoms with Crippen LogP contribution in [0.1, 0.15) is 0 Å². The summed E-state index contributed by atoms with van der Waals surface area (Å²) < 4.78 is 27.9. The highest BCUT2D eigenvalue weighted by molar-refractivity contribution is 7.91. The summed E-state index contributed by atoms with van der Waals surface area (Å²) in [5.41, 5.74) is 0.203. The predicted octanol–water partition coefficient (Wildman–Crippen LogP) is -0.259. The molecule has 18 heavy (non-hydrogen) atoms. The topological polar surface area (TPSA) is 107 Å². The molecule has 1 aromatic heterocycles. The van der Waals surface area contributed by atoms with Gasteiger partial charge in [0, 0.05) is 5.56 Å². The summed E-state index contributed by atoms with van der Waals surface area (Å²) in [5, 5.41) is 23.0. The summed E-state index contributed by atoms with van der Waals surface area (Å²) in [6.07, 6.45) is 0. The minimum Gasteiger partial charge on any atom is -0.395 e. The first-order chi connectivity index (χ1) is 8.56. The molecule has 2 aromatic rings. The van der Waals surface area contributed by atoms with E-state index in [1.165, 1.54) is 0 Å². The average molecular weight is 270 g/mol. The molecule has 0 radical (unpaired) electrons. The Morgan fingerprint density at radius 3 is 2.61 bits per heavy atom. The molecule has 1 aromatic carbocycles. The van der Waals surface area contributed by atoms with Crippen molar-refractivity contribution >= 4 is 9.84 Å². The van der Waals surface area contributed by atoms with Gasteiger partial charge < -0.3 is 10.3 Å². The lowest BCUT2D eigenvalue weighted by molar-refractivity contribution is -0.793. The van der Waals surface area contributed by atoms with Crippen molar-refractivity contribution in [2.45, 2.75) is 5.03 Å². The molecule has 0 fully saturated rings. The van der Waals surface area contributed by atoms with Gasteiger partial charge in [-0.15, -0.1) is 0 Å². The van der Waals surface area contributed by atoms with E-state index in [9.17, 15) is 13.6 Å². The van der Waals surface area contributed by atoms with Crippen LogP contribution in [0.3, 0.4) is 0 Å². The number of benzene rings is 1. The molecule has 0 atom stereocenters. The zero-order valence-corrected chi connectivity index (χ0v) is 10.0. The molecule has 0 aliphatic rings. The van der Waals surface area contributed by atoms with Crippen LogP contribution in [0.5, 0.6) is 0 Å². The summed E-state index contributed by atoms with van der Waals surface area (Å²) in [4.78, 5) is 0.0413. The number of rotatable bonds is 4. The van der Waals surface area contributed by atoms with Gasteiger partial charge in [-0.1, -0.05) is 30.3 Å². The van der Waals surface area contributed by atoms with Crippen LogP contribution in [-0.4, -0.2) is 31.0 Å². The number of nitrogens with zero attached hydrogens (tertiary/aromatic N) is 2. The summed E-state index contributed by atoms with van der Waals surface area (Å²) in [6, 6.07) is 8.18. The van der Waals surface area contributed by atoms with Crippen molar-refractivity contribution in [2.24, 2.45) is 0 Å². The molecule has 0 saturated carbocycles. The lowest BCUT2D eigenvalue weighted by Crippen LogP contribution is -2.26. The van der Waals surface area contributed by atoms with Crippen LogP contribution in [0.2, 0.25) is 0 Å². The van der Waals surface area contributed by atoms with Gasteiger partial charge >= 0.3 is 5.03 Å². The third-order valence-corrected chi connectivity index (χ3v) is 3.86. The van der Waals surface area contributed by atoms with Crippen molar-refractivity contribution in [1.29, 1.82) is 0 Å². The third kappa shape index (κ3) is 2.20. The number of aromatic nitrogens is 2. The lowest BCUT2D eigenvalue weighted by Gasteiger charge is -1.99. The normalized spacial score (nSPS) is 11.6. The second kappa shape index (κ2) is 4.75. The second-order valence-electron chi connectivity index (χ2n) is 3.49. The fourth-order valence-electron chi connectivity index (χ4n) is 1.48. The van der Waals surface area contributed by atoms with Crippen molar-refractivity contribution in [1.82, 2.24) is 5.16 Å². The molecule has 0 aliphatic heterocycles. The quantitative estimate of drug-likeness (QED) is 0.767. The fraction of sp³-hybridized carbons (Fsp3) is 0.200. The molecule has 7 nitrogen and oxygen atoms in total. The van der Waals surface area contributed by atoms with Gasteiger partial charge in [0.1, 0.15) is 0 Å². The SMILES string of the molecule is O=S(=O)(CCO)c1no[n+]([O-])c1-c1ccccc1. The highest BCUT2D eigenvalue weighted by atomic mass is 32.2. The van der Waals surface area contributed by atoms with Crippen molar-refractivity contribution in [3.63, 3.8) is 0 Å². The summed E-state index contributed by atoms with van der Waals surface area (Å²) in [5.74, 6) is -0.515. The largest absolute Gasteiger partial charge is 0.395 e. The molecular formula is C10H10N2O5S. The highest BCUT2D eigenvalue weighted by Crippen LogP contribution is 2.22. The molecule has 0 saturated heterocycles. The Hall–Kier alpha value is -1.93. The fourth-order valence-corrected chi connectivity index (χ4v) is 2.55. The standard InChI is InChI=1S/C10H10N2O5S/c13-6-7-18(15,16)10-9(12(14)17-11-10)8-4-2-1-3-5-8/h1-5,13H,6-7H2. The van der Waals surface area contributed by atoms with Gasteiger partial charge in [0.05, 0.1) is 17.5 Å². The third-order valence-electron chi connectivity index (χ3n) is 2.28. The van der Waals surface area contributed by atoms with E-state index in [0.717, 1.165) is 0 Å². The first-order valence-electron chi connectivity index (χ1n) is 5.05. The summed E-state index contributed by atoms with van der Waals surface area (Å²) in [6.45, 7) is -0.553. The molecule has 0 amide bonds. The Balaban J connectivity index is 2.60. The number of sulfone groups is 1. The Morgan fingerprint density at radius 1 is 1.33 bits per heavy atom. The number of hydrogen-bond donors (Lipinski definition) is 1. The van der Waals surface area contributed by atoms with E-state index in [1.807, 2.05) is 0 Å². The van der Waals surface area contributed by atoms with E-state index in [0.29, 0.717) is 5.56 Å². The average Bonchev–Trinajstić information content (AvgIpc) is 2.73. The molecule has 0 spiro atoms. The molecule has 1 N–H and O–H groups in total. The summed E-state index contributed by atoms with van der Waals surface area (Å²) in [7, 11) is -3.84. The molecule has 0 bridgehead atoms. The number of hydrogen-bond acceptors (Lipinski definition) is 6. The molecule has 8 heteroatoms. The molecular weight excluding hydrogens is 260 g/mol. The van der Waals surface area contributed by atoms with E-state index in [4.69, 9.17) is 5.11 Å². The van der Waals surface area contributed by atoms with Crippen LogP contribution < -0.4 is 4.90 Å². The van der Waals surface area contributed by atoms with Crippen LogP contribution in [0.25, 0.3) is 11.3 Å². The maximum Gasteiger partial charge on any atom is 0.339 e. The van der Waals surface area contributed by atoms with Crippen LogP contribution in [0, 0.1) is 5.21 Å². The number of aliphatic hydroxyl groups excluding tert-OH is 1. The Morgan fingerprint density at radius 2 is 2.00 bits per heavy atom. The number of aliphatic hydroxyl groups is 1. The molecule has 96 valence electrons. The van der Waals surface area contributed by atoms with E-state index in [1.54, 1.807) is 30.3 Å². The van der Waals surface area contributed by atoms with Gasteiger partial charge in [-0.3, -0.25) is 4.63 Å². The van der Waals surface area contributed by atoms with Crippen molar-refractivity contribution in [3.05, 3.63) is 35.5 Å².